The maximum absolute atomic E-state index is 11.9. The van der Waals surface area contributed by atoms with Crippen molar-refractivity contribution in [3.05, 3.63) is 54.8 Å². The van der Waals surface area contributed by atoms with E-state index in [0.717, 1.165) is 4.68 Å². The normalized spacial score (nSPS) is 10.3. The highest BCUT2D eigenvalue weighted by atomic mass is 79.9. The van der Waals surface area contributed by atoms with Crippen molar-refractivity contribution in [3.63, 3.8) is 0 Å². The van der Waals surface area contributed by atoms with Crippen molar-refractivity contribution in [2.75, 3.05) is 5.32 Å². The van der Waals surface area contributed by atoms with Gasteiger partial charge in [-0.05, 0) is 50.1 Å². The molecule has 0 saturated carbocycles. The Balaban J connectivity index is 2.13. The topological polar surface area (TPSA) is 64.0 Å². The van der Waals surface area contributed by atoms with Crippen LogP contribution < -0.4 is 10.9 Å². The molecule has 0 aliphatic carbocycles. The van der Waals surface area contributed by atoms with Crippen LogP contribution in [-0.2, 0) is 11.3 Å². The third-order valence-electron chi connectivity index (χ3n) is 2.34. The smallest absolute Gasteiger partial charge is 0.282 e. The second-order valence-electron chi connectivity index (χ2n) is 3.83. The third kappa shape index (κ3) is 3.68. The Bertz CT molecular complexity index is 718. The van der Waals surface area contributed by atoms with Crippen LogP contribution >= 0.6 is 43.5 Å². The molecule has 8 heteroatoms. The van der Waals surface area contributed by atoms with Crippen LogP contribution in [0.3, 0.4) is 0 Å². The van der Waals surface area contributed by atoms with Gasteiger partial charge in [-0.25, -0.2) is 4.68 Å². The van der Waals surface area contributed by atoms with E-state index >= 15 is 0 Å². The summed E-state index contributed by atoms with van der Waals surface area (Å²) in [7, 11) is 0. The molecule has 0 aliphatic rings. The van der Waals surface area contributed by atoms with E-state index in [1.807, 2.05) is 0 Å². The molecule has 1 aromatic heterocycles. The van der Waals surface area contributed by atoms with E-state index in [2.05, 4.69) is 42.3 Å². The molecule has 0 bridgehead atoms. The number of carbonyl (C=O) groups excluding carboxylic acids is 1. The number of hydrogen-bond donors (Lipinski definition) is 1. The number of carbonyl (C=O) groups is 1. The summed E-state index contributed by atoms with van der Waals surface area (Å²) < 4.78 is 1.92. The summed E-state index contributed by atoms with van der Waals surface area (Å²) in [5.74, 6) is -0.365. The van der Waals surface area contributed by atoms with Crippen molar-refractivity contribution in [2.24, 2.45) is 0 Å². The van der Waals surface area contributed by atoms with Gasteiger partial charge in [-0.2, -0.15) is 5.10 Å². The molecule has 104 valence electrons. The first-order chi connectivity index (χ1) is 9.47. The molecular formula is C12H8Br2ClN3O2. The Morgan fingerprint density at radius 1 is 1.40 bits per heavy atom. The molecule has 1 aromatic carbocycles. The van der Waals surface area contributed by atoms with E-state index in [4.69, 9.17) is 11.6 Å². The molecule has 0 aliphatic heterocycles. The summed E-state index contributed by atoms with van der Waals surface area (Å²) in [6.45, 7) is -0.183. The quantitative estimate of drug-likeness (QED) is 0.829. The maximum Gasteiger partial charge on any atom is 0.282 e. The van der Waals surface area contributed by atoms with Gasteiger partial charge < -0.3 is 5.32 Å². The van der Waals surface area contributed by atoms with E-state index in [1.165, 1.54) is 6.20 Å². The van der Waals surface area contributed by atoms with Crippen LogP contribution in [0.2, 0.25) is 5.02 Å². The van der Waals surface area contributed by atoms with Gasteiger partial charge in [0.2, 0.25) is 5.91 Å². The van der Waals surface area contributed by atoms with Crippen molar-refractivity contribution in [3.8, 4) is 0 Å². The number of nitrogens with zero attached hydrogens (tertiary/aromatic N) is 2. The first kappa shape index (κ1) is 15.2. The number of anilines is 1. The van der Waals surface area contributed by atoms with E-state index in [9.17, 15) is 9.59 Å². The minimum atomic E-state index is -0.388. The van der Waals surface area contributed by atoms with Crippen LogP contribution in [0.15, 0.2) is 44.2 Å². The van der Waals surface area contributed by atoms with Gasteiger partial charge in [0.25, 0.3) is 5.56 Å². The number of benzene rings is 1. The molecule has 0 unspecified atom stereocenters. The highest BCUT2D eigenvalue weighted by Gasteiger charge is 2.10. The molecule has 5 nitrogen and oxygen atoms in total. The van der Waals surface area contributed by atoms with Gasteiger partial charge in [0.15, 0.2) is 0 Å². The van der Waals surface area contributed by atoms with Crippen LogP contribution in [0.25, 0.3) is 0 Å². The minimum Gasteiger partial charge on any atom is -0.324 e. The fourth-order valence-corrected chi connectivity index (χ4v) is 2.22. The van der Waals surface area contributed by atoms with Gasteiger partial charge in [-0.15, -0.1) is 0 Å². The average molecular weight is 421 g/mol. The second kappa shape index (κ2) is 6.51. The Kier molecular flexibility index (Phi) is 4.95. The molecule has 1 N–H and O–H groups in total. The van der Waals surface area contributed by atoms with Crippen molar-refractivity contribution in [1.82, 2.24) is 9.78 Å². The van der Waals surface area contributed by atoms with Gasteiger partial charge >= 0.3 is 0 Å². The summed E-state index contributed by atoms with van der Waals surface area (Å²) in [5.41, 5.74) is 0.173. The summed E-state index contributed by atoms with van der Waals surface area (Å²) in [6.07, 6.45) is 1.44. The minimum absolute atomic E-state index is 0.183. The molecule has 0 spiro atoms. The van der Waals surface area contributed by atoms with E-state index in [1.54, 1.807) is 24.3 Å². The predicted molar refractivity (Wildman–Crippen MR) is 84.0 cm³/mol. The summed E-state index contributed by atoms with van der Waals surface area (Å²) in [6, 6.07) is 6.75. The fourth-order valence-electron chi connectivity index (χ4n) is 1.46. The maximum atomic E-state index is 11.9. The predicted octanol–water partition coefficient (Wildman–Crippen LogP) is 3.06. The fraction of sp³-hybridized carbons (Fsp3) is 0.0833. The lowest BCUT2D eigenvalue weighted by molar-refractivity contribution is -0.117. The average Bonchev–Trinajstić information content (AvgIpc) is 2.39. The van der Waals surface area contributed by atoms with Crippen molar-refractivity contribution < 1.29 is 4.79 Å². The van der Waals surface area contributed by atoms with E-state index in [-0.39, 0.29) is 18.0 Å². The Morgan fingerprint density at radius 2 is 2.15 bits per heavy atom. The Hall–Kier alpha value is -1.18. The van der Waals surface area contributed by atoms with Gasteiger partial charge in [0, 0.05) is 10.7 Å². The number of halogens is 3. The number of hydrogen-bond acceptors (Lipinski definition) is 3. The molecule has 0 fully saturated rings. The van der Waals surface area contributed by atoms with Gasteiger partial charge in [-0.3, -0.25) is 9.59 Å². The number of aromatic nitrogens is 2. The molecule has 2 rings (SSSR count). The second-order valence-corrected chi connectivity index (χ2v) is 5.91. The Morgan fingerprint density at radius 3 is 2.85 bits per heavy atom. The van der Waals surface area contributed by atoms with Crippen LogP contribution in [0, 0.1) is 0 Å². The van der Waals surface area contributed by atoms with Gasteiger partial charge in [-0.1, -0.05) is 17.7 Å². The molecule has 0 saturated heterocycles. The molecule has 2 aromatic rings. The van der Waals surface area contributed by atoms with E-state index in [0.29, 0.717) is 19.7 Å². The first-order valence-electron chi connectivity index (χ1n) is 5.44. The summed E-state index contributed by atoms with van der Waals surface area (Å²) in [5, 5.41) is 7.04. The van der Waals surface area contributed by atoms with Gasteiger partial charge in [0.1, 0.15) is 11.0 Å². The SMILES string of the molecule is O=C(Cn1ncc(Br)c(Br)c1=O)Nc1cccc(Cl)c1. The molecule has 1 heterocycles. The lowest BCUT2D eigenvalue weighted by Crippen LogP contribution is -2.30. The standard InChI is InChI=1S/C12H8Br2ClN3O2/c13-9-5-16-18(12(20)11(9)14)6-10(19)17-8-3-1-2-7(15)4-8/h1-5H,6H2,(H,17,19). The summed E-state index contributed by atoms with van der Waals surface area (Å²) in [4.78, 5) is 23.7. The van der Waals surface area contributed by atoms with Crippen molar-refractivity contribution >= 4 is 55.1 Å². The molecule has 0 atom stereocenters. The molecule has 20 heavy (non-hydrogen) atoms. The highest BCUT2D eigenvalue weighted by molar-refractivity contribution is 9.13. The van der Waals surface area contributed by atoms with Gasteiger partial charge in [0.05, 0.1) is 10.7 Å². The number of rotatable bonds is 3. The van der Waals surface area contributed by atoms with E-state index < -0.39 is 0 Å². The van der Waals surface area contributed by atoms with Crippen LogP contribution in [0.1, 0.15) is 0 Å². The first-order valence-corrected chi connectivity index (χ1v) is 7.40. The molecule has 1 amide bonds. The summed E-state index contributed by atoms with van der Waals surface area (Å²) >= 11 is 12.1. The lowest BCUT2D eigenvalue weighted by Gasteiger charge is -2.07. The zero-order chi connectivity index (χ0) is 14.7. The lowest BCUT2D eigenvalue weighted by atomic mass is 10.3. The van der Waals surface area contributed by atoms with Crippen LogP contribution in [0.4, 0.5) is 5.69 Å². The van der Waals surface area contributed by atoms with Crippen molar-refractivity contribution in [1.29, 1.82) is 0 Å². The third-order valence-corrected chi connectivity index (χ3v) is 4.48. The zero-order valence-corrected chi connectivity index (χ0v) is 13.9. The largest absolute Gasteiger partial charge is 0.324 e. The monoisotopic (exact) mass is 419 g/mol. The zero-order valence-electron chi connectivity index (χ0n) is 9.94. The van der Waals surface area contributed by atoms with Crippen LogP contribution in [0.5, 0.6) is 0 Å². The highest BCUT2D eigenvalue weighted by Crippen LogP contribution is 2.17. The Labute approximate surface area is 136 Å². The number of amides is 1. The van der Waals surface area contributed by atoms with Crippen molar-refractivity contribution in [2.45, 2.75) is 6.54 Å². The molecule has 0 radical (unpaired) electrons. The molecular weight excluding hydrogens is 413 g/mol. The number of nitrogens with one attached hydrogen (secondary N) is 1. The van der Waals surface area contributed by atoms with Crippen LogP contribution in [-0.4, -0.2) is 15.7 Å².